The Morgan fingerprint density at radius 2 is 1.89 bits per heavy atom. The second-order valence-corrected chi connectivity index (χ2v) is 4.76. The summed E-state index contributed by atoms with van der Waals surface area (Å²) in [5, 5.41) is 9.37. The Labute approximate surface area is 119 Å². The van der Waals surface area contributed by atoms with E-state index in [2.05, 4.69) is 4.98 Å². The van der Waals surface area contributed by atoms with E-state index in [1.807, 2.05) is 0 Å². The highest BCUT2D eigenvalue weighted by atomic mass is 35.5. The van der Waals surface area contributed by atoms with E-state index in [0.29, 0.717) is 22.0 Å². The highest BCUT2D eigenvalue weighted by molar-refractivity contribution is 6.37. The molecule has 0 unspecified atom stereocenters. The average Bonchev–Trinajstić information content (AvgIpc) is 2.75. The summed E-state index contributed by atoms with van der Waals surface area (Å²) < 4.78 is 0. The van der Waals surface area contributed by atoms with Crippen LogP contribution in [-0.2, 0) is 11.2 Å². The molecular formula is C13H9Cl2NO3. The lowest BCUT2D eigenvalue weighted by Gasteiger charge is -2.02. The van der Waals surface area contributed by atoms with Crippen molar-refractivity contribution < 1.29 is 14.7 Å². The molecule has 0 amide bonds. The Balaban J connectivity index is 2.28. The van der Waals surface area contributed by atoms with Gasteiger partial charge in [0.2, 0.25) is 5.78 Å². The van der Waals surface area contributed by atoms with Gasteiger partial charge < -0.3 is 10.1 Å². The molecule has 0 radical (unpaired) electrons. The number of ketones is 1. The lowest BCUT2D eigenvalue weighted by Crippen LogP contribution is -2.04. The minimum atomic E-state index is -0.967. The van der Waals surface area contributed by atoms with E-state index in [0.717, 1.165) is 0 Å². The van der Waals surface area contributed by atoms with Crippen LogP contribution in [0.15, 0.2) is 30.3 Å². The number of aliphatic carboxylic acids is 1. The van der Waals surface area contributed by atoms with Crippen molar-refractivity contribution in [3.05, 3.63) is 57.3 Å². The van der Waals surface area contributed by atoms with Gasteiger partial charge in [-0.25, -0.2) is 0 Å². The molecule has 2 aromatic rings. The van der Waals surface area contributed by atoms with Crippen molar-refractivity contribution in [1.29, 1.82) is 0 Å². The minimum Gasteiger partial charge on any atom is -0.481 e. The molecule has 1 heterocycles. The summed E-state index contributed by atoms with van der Waals surface area (Å²) in [7, 11) is 0. The molecule has 0 atom stereocenters. The third-order valence-electron chi connectivity index (χ3n) is 2.51. The molecule has 0 saturated heterocycles. The van der Waals surface area contributed by atoms with Crippen molar-refractivity contribution in [2.75, 3.05) is 0 Å². The van der Waals surface area contributed by atoms with Crippen LogP contribution in [0.2, 0.25) is 10.0 Å². The Kier molecular flexibility index (Phi) is 3.93. The van der Waals surface area contributed by atoms with E-state index >= 15 is 0 Å². The molecule has 2 N–H and O–H groups in total. The third kappa shape index (κ3) is 3.16. The molecular weight excluding hydrogens is 289 g/mol. The third-order valence-corrected chi connectivity index (χ3v) is 3.06. The second kappa shape index (κ2) is 5.47. The maximum Gasteiger partial charge on any atom is 0.309 e. The number of nitrogens with one attached hydrogen (secondary N) is 1. The largest absolute Gasteiger partial charge is 0.481 e. The molecule has 19 heavy (non-hydrogen) atoms. The van der Waals surface area contributed by atoms with Crippen molar-refractivity contribution in [2.45, 2.75) is 6.42 Å². The van der Waals surface area contributed by atoms with Crippen LogP contribution in [0.4, 0.5) is 0 Å². The lowest BCUT2D eigenvalue weighted by molar-refractivity contribution is -0.136. The van der Waals surface area contributed by atoms with Gasteiger partial charge in [-0.15, -0.1) is 0 Å². The fourth-order valence-corrected chi connectivity index (χ4v) is 2.15. The monoisotopic (exact) mass is 297 g/mol. The number of hydrogen-bond donors (Lipinski definition) is 2. The van der Waals surface area contributed by atoms with Crippen LogP contribution in [0, 0.1) is 0 Å². The van der Waals surface area contributed by atoms with Gasteiger partial charge in [-0.2, -0.15) is 0 Å². The molecule has 0 saturated carbocycles. The highest BCUT2D eigenvalue weighted by Crippen LogP contribution is 2.23. The van der Waals surface area contributed by atoms with E-state index in [4.69, 9.17) is 28.3 Å². The summed E-state index contributed by atoms with van der Waals surface area (Å²) in [5.41, 5.74) is 1.07. The van der Waals surface area contributed by atoms with Crippen molar-refractivity contribution in [3.8, 4) is 0 Å². The lowest BCUT2D eigenvalue weighted by atomic mass is 10.1. The molecule has 2 rings (SSSR count). The normalized spacial score (nSPS) is 10.4. The molecule has 98 valence electrons. The molecule has 1 aromatic heterocycles. The Bertz CT molecular complexity index is 649. The Morgan fingerprint density at radius 3 is 2.53 bits per heavy atom. The number of carbonyl (C=O) groups is 2. The molecule has 6 heteroatoms. The molecule has 0 bridgehead atoms. The van der Waals surface area contributed by atoms with E-state index in [1.165, 1.54) is 18.2 Å². The van der Waals surface area contributed by atoms with Crippen molar-refractivity contribution in [1.82, 2.24) is 4.98 Å². The first kappa shape index (κ1) is 13.6. The van der Waals surface area contributed by atoms with E-state index in [-0.39, 0.29) is 17.2 Å². The number of H-pyrrole nitrogens is 1. The molecule has 0 aliphatic carbocycles. The second-order valence-electron chi connectivity index (χ2n) is 3.92. The van der Waals surface area contributed by atoms with Crippen LogP contribution in [0.25, 0.3) is 0 Å². The standard InChI is InChI=1S/C13H9Cl2NO3/c14-7-1-3-9(10(15)5-7)13(19)11-4-2-8(16-11)6-12(17)18/h1-5,16H,6H2,(H,17,18). The zero-order chi connectivity index (χ0) is 14.0. The fourth-order valence-electron chi connectivity index (χ4n) is 1.66. The van der Waals surface area contributed by atoms with Crippen LogP contribution in [0.3, 0.4) is 0 Å². The van der Waals surface area contributed by atoms with E-state index < -0.39 is 5.97 Å². The van der Waals surface area contributed by atoms with Gasteiger partial charge in [0, 0.05) is 16.3 Å². The summed E-state index contributed by atoms with van der Waals surface area (Å²) >= 11 is 11.7. The van der Waals surface area contributed by atoms with Gasteiger partial charge in [-0.05, 0) is 30.3 Å². The van der Waals surface area contributed by atoms with Crippen LogP contribution >= 0.6 is 23.2 Å². The van der Waals surface area contributed by atoms with Crippen molar-refractivity contribution in [3.63, 3.8) is 0 Å². The predicted octanol–water partition coefficient (Wildman–Crippen LogP) is 3.18. The summed E-state index contributed by atoms with van der Waals surface area (Å²) in [6, 6.07) is 7.68. The zero-order valence-corrected chi connectivity index (χ0v) is 11.1. The van der Waals surface area contributed by atoms with Gasteiger partial charge >= 0.3 is 5.97 Å². The zero-order valence-electron chi connectivity index (χ0n) is 9.61. The summed E-state index contributed by atoms with van der Waals surface area (Å²) in [4.78, 5) is 25.5. The van der Waals surface area contributed by atoms with Gasteiger partial charge in [-0.1, -0.05) is 23.2 Å². The van der Waals surface area contributed by atoms with Gasteiger partial charge in [0.1, 0.15) is 0 Å². The number of aromatic amines is 1. The van der Waals surface area contributed by atoms with Gasteiger partial charge in [0.05, 0.1) is 17.1 Å². The van der Waals surface area contributed by atoms with E-state index in [1.54, 1.807) is 12.1 Å². The number of benzene rings is 1. The van der Waals surface area contributed by atoms with Gasteiger partial charge in [-0.3, -0.25) is 9.59 Å². The average molecular weight is 298 g/mol. The van der Waals surface area contributed by atoms with Crippen molar-refractivity contribution >= 4 is 35.0 Å². The van der Waals surface area contributed by atoms with Crippen LogP contribution in [0.1, 0.15) is 21.7 Å². The Hall–Kier alpha value is -1.78. The molecule has 0 fully saturated rings. The summed E-state index contributed by atoms with van der Waals surface area (Å²) in [6.45, 7) is 0. The fraction of sp³-hybridized carbons (Fsp3) is 0.0769. The maximum atomic E-state index is 12.2. The molecule has 0 spiro atoms. The SMILES string of the molecule is O=C(O)Cc1ccc(C(=O)c2ccc(Cl)cc2Cl)[nH]1. The number of carboxylic acid groups (broad SMARTS) is 1. The number of rotatable bonds is 4. The van der Waals surface area contributed by atoms with Crippen LogP contribution in [-0.4, -0.2) is 21.8 Å². The quantitative estimate of drug-likeness (QED) is 0.852. The number of carboxylic acids is 1. The smallest absolute Gasteiger partial charge is 0.309 e. The van der Waals surface area contributed by atoms with Crippen LogP contribution < -0.4 is 0 Å². The van der Waals surface area contributed by atoms with Gasteiger partial charge in [0.25, 0.3) is 0 Å². The Morgan fingerprint density at radius 1 is 1.16 bits per heavy atom. The predicted molar refractivity (Wildman–Crippen MR) is 72.0 cm³/mol. The molecule has 1 aromatic carbocycles. The topological polar surface area (TPSA) is 70.2 Å². The first-order valence-electron chi connectivity index (χ1n) is 5.37. The molecule has 0 aliphatic rings. The summed E-state index contributed by atoms with van der Waals surface area (Å²) in [6.07, 6.45) is -0.165. The number of halogens is 2. The molecule has 4 nitrogen and oxygen atoms in total. The van der Waals surface area contributed by atoms with E-state index in [9.17, 15) is 9.59 Å². The number of carbonyl (C=O) groups excluding carboxylic acids is 1. The first-order chi connectivity index (χ1) is 8.97. The number of aromatic nitrogens is 1. The molecule has 0 aliphatic heterocycles. The van der Waals surface area contributed by atoms with Crippen molar-refractivity contribution in [2.24, 2.45) is 0 Å². The number of hydrogen-bond acceptors (Lipinski definition) is 2. The highest BCUT2D eigenvalue weighted by Gasteiger charge is 2.15. The van der Waals surface area contributed by atoms with Gasteiger partial charge in [0.15, 0.2) is 0 Å². The minimum absolute atomic E-state index is 0.165. The maximum absolute atomic E-state index is 12.2. The summed E-state index contributed by atoms with van der Waals surface area (Å²) in [5.74, 6) is -1.27. The van der Waals surface area contributed by atoms with Crippen LogP contribution in [0.5, 0.6) is 0 Å². The first-order valence-corrected chi connectivity index (χ1v) is 6.12.